The Kier molecular flexibility index (Phi) is 6.87. The Hall–Kier alpha value is -2.34. The molecule has 1 heterocycles. The summed E-state index contributed by atoms with van der Waals surface area (Å²) in [6.45, 7) is 1.74. The third-order valence-electron chi connectivity index (χ3n) is 5.62. The van der Waals surface area contributed by atoms with Crippen molar-refractivity contribution in [3.05, 3.63) is 35.9 Å². The maximum absolute atomic E-state index is 12.5. The molecular weight excluding hydrogens is 342 g/mol. The molecule has 0 aromatic heterocycles. The van der Waals surface area contributed by atoms with E-state index in [0.717, 1.165) is 50.0 Å². The number of rotatable bonds is 5. The van der Waals surface area contributed by atoms with Gasteiger partial charge in [-0.1, -0.05) is 37.5 Å². The molecule has 1 aromatic rings. The molecule has 2 aliphatic rings. The standard InChI is InChI=1S/C21H29N3O3/c25-20(23-27)11-10-16-6-4-5-9-19(16)24-14-12-18(13-15-24)22-21(26)17-7-2-1-3-8-17/h4-6,9-11,17-18,27H,1-3,7-8,12-15H2,(H,22,26)(H,23,25)/b11-10+. The van der Waals surface area contributed by atoms with Crippen LogP contribution in [0, 0.1) is 5.92 Å². The van der Waals surface area contributed by atoms with Crippen molar-refractivity contribution in [1.82, 2.24) is 10.8 Å². The highest BCUT2D eigenvalue weighted by Crippen LogP contribution is 2.27. The average Bonchev–Trinajstić information content (AvgIpc) is 2.73. The van der Waals surface area contributed by atoms with Crippen molar-refractivity contribution in [2.24, 2.45) is 5.92 Å². The van der Waals surface area contributed by atoms with Crippen LogP contribution >= 0.6 is 0 Å². The molecule has 1 aliphatic heterocycles. The molecule has 27 heavy (non-hydrogen) atoms. The molecule has 0 atom stereocenters. The van der Waals surface area contributed by atoms with Crippen molar-refractivity contribution >= 4 is 23.6 Å². The molecule has 3 rings (SSSR count). The number of piperidine rings is 1. The molecule has 146 valence electrons. The first-order valence-corrected chi connectivity index (χ1v) is 9.94. The van der Waals surface area contributed by atoms with Crippen molar-refractivity contribution in [2.75, 3.05) is 18.0 Å². The number of anilines is 1. The summed E-state index contributed by atoms with van der Waals surface area (Å²) in [5.74, 6) is -0.0965. The van der Waals surface area contributed by atoms with E-state index in [-0.39, 0.29) is 17.9 Å². The van der Waals surface area contributed by atoms with Crippen LogP contribution < -0.4 is 15.7 Å². The second-order valence-corrected chi connectivity index (χ2v) is 7.47. The molecule has 2 fully saturated rings. The lowest BCUT2D eigenvalue weighted by molar-refractivity contribution is -0.127. The molecule has 0 bridgehead atoms. The van der Waals surface area contributed by atoms with Crippen LogP contribution in [0.5, 0.6) is 0 Å². The first kappa shape index (κ1) is 19.4. The predicted molar refractivity (Wildman–Crippen MR) is 105 cm³/mol. The summed E-state index contributed by atoms with van der Waals surface area (Å²) >= 11 is 0. The van der Waals surface area contributed by atoms with Crippen molar-refractivity contribution in [3.63, 3.8) is 0 Å². The fraction of sp³-hybridized carbons (Fsp3) is 0.524. The van der Waals surface area contributed by atoms with E-state index in [1.165, 1.54) is 25.3 Å². The van der Waals surface area contributed by atoms with Gasteiger partial charge >= 0.3 is 0 Å². The lowest BCUT2D eigenvalue weighted by Crippen LogP contribution is -2.46. The van der Waals surface area contributed by atoms with Gasteiger partial charge in [0.2, 0.25) is 5.91 Å². The van der Waals surface area contributed by atoms with Gasteiger partial charge in [0.1, 0.15) is 0 Å². The quantitative estimate of drug-likeness (QED) is 0.422. The molecule has 0 radical (unpaired) electrons. The van der Waals surface area contributed by atoms with Crippen molar-refractivity contribution in [1.29, 1.82) is 0 Å². The Bertz CT molecular complexity index is 675. The third-order valence-corrected chi connectivity index (χ3v) is 5.62. The monoisotopic (exact) mass is 371 g/mol. The van der Waals surface area contributed by atoms with E-state index in [1.54, 1.807) is 11.6 Å². The number of nitrogens with one attached hydrogen (secondary N) is 2. The fourth-order valence-corrected chi connectivity index (χ4v) is 4.07. The van der Waals surface area contributed by atoms with Crippen LogP contribution in [0.1, 0.15) is 50.5 Å². The molecule has 1 aromatic carbocycles. The van der Waals surface area contributed by atoms with Crippen molar-refractivity contribution in [2.45, 2.75) is 51.0 Å². The van der Waals surface area contributed by atoms with Gasteiger partial charge in [-0.25, -0.2) is 5.48 Å². The van der Waals surface area contributed by atoms with Crippen LogP contribution in [0.15, 0.2) is 30.3 Å². The Morgan fingerprint density at radius 1 is 1.04 bits per heavy atom. The van der Waals surface area contributed by atoms with Gasteiger partial charge in [0.05, 0.1) is 0 Å². The van der Waals surface area contributed by atoms with E-state index in [2.05, 4.69) is 10.2 Å². The molecule has 0 spiro atoms. The van der Waals surface area contributed by atoms with Crippen LogP contribution in [0.4, 0.5) is 5.69 Å². The molecule has 0 unspecified atom stereocenters. The van der Waals surface area contributed by atoms with Gasteiger partial charge in [0.15, 0.2) is 0 Å². The fourth-order valence-electron chi connectivity index (χ4n) is 4.07. The maximum Gasteiger partial charge on any atom is 0.267 e. The summed E-state index contributed by atoms with van der Waals surface area (Å²) in [5, 5.41) is 11.9. The SMILES string of the molecule is O=C(/C=C/c1ccccc1N1CCC(NC(=O)C2CCCCC2)CC1)NO. The van der Waals surface area contributed by atoms with E-state index >= 15 is 0 Å². The number of carbonyl (C=O) groups excluding carboxylic acids is 2. The van der Waals surface area contributed by atoms with Gasteiger partial charge < -0.3 is 10.2 Å². The molecular formula is C21H29N3O3. The highest BCUT2D eigenvalue weighted by atomic mass is 16.5. The number of nitrogens with zero attached hydrogens (tertiary/aromatic N) is 1. The lowest BCUT2D eigenvalue weighted by Gasteiger charge is -2.35. The normalized spacial score (nSPS) is 19.2. The molecule has 2 amide bonds. The van der Waals surface area contributed by atoms with Crippen LogP contribution in [0.3, 0.4) is 0 Å². The highest BCUT2D eigenvalue weighted by Gasteiger charge is 2.26. The van der Waals surface area contributed by atoms with Crippen molar-refractivity contribution < 1.29 is 14.8 Å². The summed E-state index contributed by atoms with van der Waals surface area (Å²) in [7, 11) is 0. The summed E-state index contributed by atoms with van der Waals surface area (Å²) in [5.41, 5.74) is 3.61. The predicted octanol–water partition coefficient (Wildman–Crippen LogP) is 2.87. The first-order chi connectivity index (χ1) is 13.2. The number of hydrogen-bond acceptors (Lipinski definition) is 4. The number of hydroxylamine groups is 1. The lowest BCUT2D eigenvalue weighted by atomic mass is 9.88. The zero-order chi connectivity index (χ0) is 19.1. The second kappa shape index (κ2) is 9.55. The molecule has 1 aliphatic carbocycles. The number of benzene rings is 1. The Balaban J connectivity index is 1.55. The van der Waals surface area contributed by atoms with Crippen LogP contribution in [0.2, 0.25) is 0 Å². The molecule has 6 nitrogen and oxygen atoms in total. The molecule has 3 N–H and O–H groups in total. The number of para-hydroxylation sites is 1. The largest absolute Gasteiger partial charge is 0.371 e. The minimum Gasteiger partial charge on any atom is -0.371 e. The Morgan fingerprint density at radius 3 is 2.44 bits per heavy atom. The number of carbonyl (C=O) groups is 2. The van der Waals surface area contributed by atoms with Gasteiger partial charge in [-0.05, 0) is 43.4 Å². The average molecular weight is 371 g/mol. The van der Waals surface area contributed by atoms with Crippen LogP contribution in [0.25, 0.3) is 6.08 Å². The highest BCUT2D eigenvalue weighted by molar-refractivity contribution is 5.91. The Morgan fingerprint density at radius 2 is 1.74 bits per heavy atom. The number of hydrogen-bond donors (Lipinski definition) is 3. The Labute approximate surface area is 160 Å². The minimum absolute atomic E-state index is 0.209. The third kappa shape index (κ3) is 5.32. The van der Waals surface area contributed by atoms with E-state index in [0.29, 0.717) is 0 Å². The molecule has 1 saturated heterocycles. The van der Waals surface area contributed by atoms with Crippen molar-refractivity contribution in [3.8, 4) is 0 Å². The maximum atomic E-state index is 12.5. The summed E-state index contributed by atoms with van der Waals surface area (Å²) in [6, 6.07) is 8.15. The van der Waals surface area contributed by atoms with Gasteiger partial charge in [0.25, 0.3) is 5.91 Å². The van der Waals surface area contributed by atoms with Crippen LogP contribution in [-0.2, 0) is 9.59 Å². The van der Waals surface area contributed by atoms with E-state index in [1.807, 2.05) is 24.3 Å². The van der Waals surface area contributed by atoms with E-state index < -0.39 is 5.91 Å². The first-order valence-electron chi connectivity index (χ1n) is 9.94. The second-order valence-electron chi connectivity index (χ2n) is 7.47. The van der Waals surface area contributed by atoms with Gasteiger partial charge in [-0.3, -0.25) is 14.8 Å². The van der Waals surface area contributed by atoms with E-state index in [4.69, 9.17) is 5.21 Å². The van der Waals surface area contributed by atoms with Gasteiger partial charge in [-0.2, -0.15) is 0 Å². The number of amides is 2. The van der Waals surface area contributed by atoms with Gasteiger partial charge in [-0.15, -0.1) is 0 Å². The van der Waals surface area contributed by atoms with Crippen LogP contribution in [-0.4, -0.2) is 36.2 Å². The molecule has 1 saturated carbocycles. The molecule has 6 heteroatoms. The summed E-state index contributed by atoms with van der Waals surface area (Å²) in [4.78, 5) is 26.0. The zero-order valence-electron chi connectivity index (χ0n) is 15.7. The zero-order valence-corrected chi connectivity index (χ0v) is 15.7. The van der Waals surface area contributed by atoms with Gasteiger partial charge in [0, 0.05) is 36.8 Å². The summed E-state index contributed by atoms with van der Waals surface area (Å²) < 4.78 is 0. The minimum atomic E-state index is -0.547. The topological polar surface area (TPSA) is 81.7 Å². The summed E-state index contributed by atoms with van der Waals surface area (Å²) in [6.07, 6.45) is 10.5. The smallest absolute Gasteiger partial charge is 0.267 e. The van der Waals surface area contributed by atoms with E-state index in [9.17, 15) is 9.59 Å².